The Bertz CT molecular complexity index is 704. The molecule has 0 atom stereocenters. The SMILES string of the molecule is CCNC(=NCCc1nccn1Cc1ccccc1)NC1CCC(O)CC1. The molecule has 0 bridgehead atoms. The van der Waals surface area contributed by atoms with Crippen molar-refractivity contribution in [3.63, 3.8) is 0 Å². The largest absolute Gasteiger partial charge is 0.393 e. The lowest BCUT2D eigenvalue weighted by atomic mass is 9.93. The summed E-state index contributed by atoms with van der Waals surface area (Å²) in [7, 11) is 0. The highest BCUT2D eigenvalue weighted by Gasteiger charge is 2.19. The van der Waals surface area contributed by atoms with E-state index in [4.69, 9.17) is 4.99 Å². The van der Waals surface area contributed by atoms with Crippen LogP contribution in [0.25, 0.3) is 0 Å². The molecule has 1 heterocycles. The average molecular weight is 370 g/mol. The Kier molecular flexibility index (Phi) is 7.27. The van der Waals surface area contributed by atoms with Crippen LogP contribution in [-0.4, -0.2) is 45.9 Å². The highest BCUT2D eigenvalue weighted by Crippen LogP contribution is 2.18. The summed E-state index contributed by atoms with van der Waals surface area (Å²) < 4.78 is 2.19. The van der Waals surface area contributed by atoms with Crippen molar-refractivity contribution in [3.8, 4) is 0 Å². The zero-order valence-corrected chi connectivity index (χ0v) is 16.1. The summed E-state index contributed by atoms with van der Waals surface area (Å²) in [6.07, 6.45) is 8.29. The van der Waals surface area contributed by atoms with Gasteiger partial charge in [0.15, 0.2) is 5.96 Å². The monoisotopic (exact) mass is 369 g/mol. The number of rotatable bonds is 7. The van der Waals surface area contributed by atoms with Crippen molar-refractivity contribution in [3.05, 3.63) is 54.1 Å². The van der Waals surface area contributed by atoms with E-state index >= 15 is 0 Å². The molecule has 1 aliphatic carbocycles. The highest BCUT2D eigenvalue weighted by atomic mass is 16.3. The Balaban J connectivity index is 1.54. The second-order valence-corrected chi connectivity index (χ2v) is 7.12. The lowest BCUT2D eigenvalue weighted by molar-refractivity contribution is 0.120. The van der Waals surface area contributed by atoms with Crippen LogP contribution in [-0.2, 0) is 13.0 Å². The van der Waals surface area contributed by atoms with Crippen molar-refractivity contribution in [2.75, 3.05) is 13.1 Å². The molecule has 6 nitrogen and oxygen atoms in total. The van der Waals surface area contributed by atoms with Gasteiger partial charge in [-0.2, -0.15) is 0 Å². The molecule has 0 unspecified atom stereocenters. The number of aliphatic hydroxyl groups excluding tert-OH is 1. The van der Waals surface area contributed by atoms with Gasteiger partial charge in [-0.3, -0.25) is 4.99 Å². The van der Waals surface area contributed by atoms with Crippen LogP contribution in [0.1, 0.15) is 44.0 Å². The van der Waals surface area contributed by atoms with Gasteiger partial charge in [-0.1, -0.05) is 30.3 Å². The quantitative estimate of drug-likeness (QED) is 0.517. The summed E-state index contributed by atoms with van der Waals surface area (Å²) in [6.45, 7) is 4.44. The van der Waals surface area contributed by atoms with Gasteiger partial charge in [0.05, 0.1) is 6.10 Å². The van der Waals surface area contributed by atoms with Gasteiger partial charge in [-0.25, -0.2) is 4.98 Å². The molecule has 0 spiro atoms. The fourth-order valence-electron chi connectivity index (χ4n) is 3.49. The zero-order chi connectivity index (χ0) is 18.9. The highest BCUT2D eigenvalue weighted by molar-refractivity contribution is 5.80. The molecule has 0 radical (unpaired) electrons. The van der Waals surface area contributed by atoms with Crippen LogP contribution in [0.3, 0.4) is 0 Å². The molecule has 1 saturated carbocycles. The summed E-state index contributed by atoms with van der Waals surface area (Å²) >= 11 is 0. The normalized spacial score (nSPS) is 20.4. The number of guanidine groups is 1. The fourth-order valence-corrected chi connectivity index (χ4v) is 3.49. The number of benzene rings is 1. The Morgan fingerprint density at radius 1 is 1.22 bits per heavy atom. The number of aliphatic imine (C=N–C) groups is 1. The van der Waals surface area contributed by atoms with Crippen LogP contribution in [0.2, 0.25) is 0 Å². The first kappa shape index (κ1) is 19.4. The molecular weight excluding hydrogens is 338 g/mol. The predicted octanol–water partition coefficient (Wildman–Crippen LogP) is 2.33. The molecule has 6 heteroatoms. The maximum atomic E-state index is 9.66. The standard InChI is InChI=1S/C21H31N5O/c1-2-22-21(25-18-8-10-19(27)11-9-18)24-13-12-20-23-14-15-26(20)16-17-6-4-3-5-7-17/h3-7,14-15,18-19,27H,2,8-13,16H2,1H3,(H2,22,24,25). The van der Waals surface area contributed by atoms with Gasteiger partial charge in [0.1, 0.15) is 5.82 Å². The molecule has 0 aliphatic heterocycles. The van der Waals surface area contributed by atoms with Crippen LogP contribution in [0.5, 0.6) is 0 Å². The predicted molar refractivity (Wildman–Crippen MR) is 109 cm³/mol. The first-order valence-electron chi connectivity index (χ1n) is 10.0. The average Bonchev–Trinajstić information content (AvgIpc) is 3.11. The lowest BCUT2D eigenvalue weighted by Crippen LogP contribution is -2.45. The number of imidazole rings is 1. The van der Waals surface area contributed by atoms with E-state index in [1.165, 1.54) is 5.56 Å². The van der Waals surface area contributed by atoms with Gasteiger partial charge in [0.2, 0.25) is 0 Å². The number of aromatic nitrogens is 2. The van der Waals surface area contributed by atoms with Gasteiger partial charge in [-0.15, -0.1) is 0 Å². The van der Waals surface area contributed by atoms with Crippen LogP contribution < -0.4 is 10.6 Å². The van der Waals surface area contributed by atoms with Crippen molar-refractivity contribution in [1.29, 1.82) is 0 Å². The van der Waals surface area contributed by atoms with Crippen LogP contribution in [0.4, 0.5) is 0 Å². The van der Waals surface area contributed by atoms with Crippen LogP contribution in [0.15, 0.2) is 47.7 Å². The summed E-state index contributed by atoms with van der Waals surface area (Å²) in [4.78, 5) is 9.23. The third kappa shape index (κ3) is 6.10. The molecule has 1 aromatic heterocycles. The minimum absolute atomic E-state index is 0.133. The number of hydrogen-bond acceptors (Lipinski definition) is 3. The van der Waals surface area contributed by atoms with Gasteiger partial charge in [0, 0.05) is 44.5 Å². The van der Waals surface area contributed by atoms with Gasteiger partial charge in [-0.05, 0) is 38.2 Å². The third-order valence-electron chi connectivity index (χ3n) is 4.98. The number of aliphatic hydroxyl groups is 1. The Morgan fingerprint density at radius 2 is 2.00 bits per heavy atom. The first-order valence-corrected chi connectivity index (χ1v) is 10.0. The van der Waals surface area contributed by atoms with Gasteiger partial charge < -0.3 is 20.3 Å². The van der Waals surface area contributed by atoms with E-state index in [9.17, 15) is 5.11 Å². The summed E-state index contributed by atoms with van der Waals surface area (Å²) in [5.74, 6) is 1.92. The molecule has 146 valence electrons. The van der Waals surface area contributed by atoms with Crippen molar-refractivity contribution in [1.82, 2.24) is 20.2 Å². The van der Waals surface area contributed by atoms with Crippen molar-refractivity contribution in [2.45, 2.75) is 57.7 Å². The molecule has 3 N–H and O–H groups in total. The van der Waals surface area contributed by atoms with E-state index in [-0.39, 0.29) is 6.10 Å². The molecule has 27 heavy (non-hydrogen) atoms. The van der Waals surface area contributed by atoms with Gasteiger partial charge >= 0.3 is 0 Å². The Morgan fingerprint density at radius 3 is 2.74 bits per heavy atom. The smallest absolute Gasteiger partial charge is 0.191 e. The van der Waals surface area contributed by atoms with Gasteiger partial charge in [0.25, 0.3) is 0 Å². The summed E-state index contributed by atoms with van der Waals surface area (Å²) in [6, 6.07) is 10.8. The fraction of sp³-hybridized carbons (Fsp3) is 0.524. The van der Waals surface area contributed by atoms with Crippen molar-refractivity contribution in [2.24, 2.45) is 4.99 Å². The second kappa shape index (κ2) is 10.1. The maximum absolute atomic E-state index is 9.66. The van der Waals surface area contributed by atoms with E-state index in [0.717, 1.165) is 57.0 Å². The number of nitrogens with one attached hydrogen (secondary N) is 2. The number of hydrogen-bond donors (Lipinski definition) is 3. The molecule has 2 aromatic rings. The van der Waals surface area contributed by atoms with Crippen LogP contribution in [0, 0.1) is 0 Å². The minimum Gasteiger partial charge on any atom is -0.393 e. The molecular formula is C21H31N5O. The molecule has 3 rings (SSSR count). The van der Waals surface area contributed by atoms with E-state index < -0.39 is 0 Å². The van der Waals surface area contributed by atoms with E-state index in [2.05, 4.69) is 51.4 Å². The van der Waals surface area contributed by atoms with E-state index in [0.29, 0.717) is 12.6 Å². The van der Waals surface area contributed by atoms with Crippen LogP contribution >= 0.6 is 0 Å². The van der Waals surface area contributed by atoms with E-state index in [1.807, 2.05) is 18.5 Å². The second-order valence-electron chi connectivity index (χ2n) is 7.12. The molecule has 1 aromatic carbocycles. The summed E-state index contributed by atoms with van der Waals surface area (Å²) in [5.41, 5.74) is 1.27. The zero-order valence-electron chi connectivity index (χ0n) is 16.1. The van der Waals surface area contributed by atoms with E-state index in [1.54, 1.807) is 0 Å². The number of nitrogens with zero attached hydrogens (tertiary/aromatic N) is 3. The first-order chi connectivity index (χ1) is 13.2. The molecule has 1 fully saturated rings. The Labute approximate surface area is 161 Å². The minimum atomic E-state index is -0.133. The maximum Gasteiger partial charge on any atom is 0.191 e. The topological polar surface area (TPSA) is 74.5 Å². The molecule has 1 aliphatic rings. The third-order valence-corrected chi connectivity index (χ3v) is 4.98. The molecule has 0 saturated heterocycles. The van der Waals surface area contributed by atoms with Crippen molar-refractivity contribution < 1.29 is 5.11 Å². The van der Waals surface area contributed by atoms with Crippen molar-refractivity contribution >= 4 is 5.96 Å². The lowest BCUT2D eigenvalue weighted by Gasteiger charge is -2.27. The summed E-state index contributed by atoms with van der Waals surface area (Å²) in [5, 5.41) is 16.5. The molecule has 0 amide bonds. The Hall–Kier alpha value is -2.34.